The van der Waals surface area contributed by atoms with E-state index in [0.29, 0.717) is 11.6 Å². The average molecular weight is 296 g/mol. The fourth-order valence-electron chi connectivity index (χ4n) is 2.39. The quantitative estimate of drug-likeness (QED) is 0.643. The summed E-state index contributed by atoms with van der Waals surface area (Å²) in [6.45, 7) is 4.04. The number of benzene rings is 2. The first-order valence-electron chi connectivity index (χ1n) is 6.85. The summed E-state index contributed by atoms with van der Waals surface area (Å²) in [6.07, 6.45) is -2.85. The molecular formula is C17H16F4. The van der Waals surface area contributed by atoms with Crippen molar-refractivity contribution >= 4 is 0 Å². The van der Waals surface area contributed by atoms with Crippen molar-refractivity contribution in [2.45, 2.75) is 32.9 Å². The lowest BCUT2D eigenvalue weighted by Crippen LogP contribution is -2.05. The summed E-state index contributed by atoms with van der Waals surface area (Å²) in [7, 11) is 0. The summed E-state index contributed by atoms with van der Waals surface area (Å²) < 4.78 is 51.6. The van der Waals surface area contributed by atoms with E-state index in [2.05, 4.69) is 0 Å². The summed E-state index contributed by atoms with van der Waals surface area (Å²) >= 11 is 0. The van der Waals surface area contributed by atoms with Crippen LogP contribution in [-0.2, 0) is 19.0 Å². The Kier molecular flexibility index (Phi) is 4.35. The Morgan fingerprint density at radius 2 is 1.52 bits per heavy atom. The van der Waals surface area contributed by atoms with Gasteiger partial charge in [-0.3, -0.25) is 0 Å². The highest BCUT2D eigenvalue weighted by atomic mass is 19.4. The topological polar surface area (TPSA) is 0 Å². The minimum atomic E-state index is -4.53. The van der Waals surface area contributed by atoms with Gasteiger partial charge in [-0.15, -0.1) is 0 Å². The van der Waals surface area contributed by atoms with Crippen LogP contribution in [0.2, 0.25) is 0 Å². The van der Waals surface area contributed by atoms with E-state index < -0.39 is 17.6 Å². The van der Waals surface area contributed by atoms with Gasteiger partial charge in [0.2, 0.25) is 0 Å². The van der Waals surface area contributed by atoms with Gasteiger partial charge in [-0.2, -0.15) is 13.2 Å². The van der Waals surface area contributed by atoms with Crippen LogP contribution in [0, 0.1) is 5.82 Å². The molecule has 0 aliphatic heterocycles. The SMILES string of the molecule is CCc1ccc(-c2ccc(C(F)(F)F)cc2F)cc1CC. The molecule has 0 aliphatic rings. The van der Waals surface area contributed by atoms with Crippen molar-refractivity contribution in [3.8, 4) is 11.1 Å². The molecule has 0 unspecified atom stereocenters. The smallest absolute Gasteiger partial charge is 0.206 e. The molecule has 0 heterocycles. The normalized spacial score (nSPS) is 11.7. The number of hydrogen-bond acceptors (Lipinski definition) is 0. The predicted molar refractivity (Wildman–Crippen MR) is 75.6 cm³/mol. The minimum Gasteiger partial charge on any atom is -0.206 e. The molecule has 0 saturated heterocycles. The van der Waals surface area contributed by atoms with Crippen LogP contribution in [0.15, 0.2) is 36.4 Å². The van der Waals surface area contributed by atoms with E-state index in [0.717, 1.165) is 24.5 Å². The van der Waals surface area contributed by atoms with E-state index in [1.54, 1.807) is 6.07 Å². The largest absolute Gasteiger partial charge is 0.416 e. The van der Waals surface area contributed by atoms with Crippen molar-refractivity contribution < 1.29 is 17.6 Å². The van der Waals surface area contributed by atoms with E-state index >= 15 is 0 Å². The van der Waals surface area contributed by atoms with Crippen molar-refractivity contribution in [3.63, 3.8) is 0 Å². The molecule has 0 aromatic heterocycles. The standard InChI is InChI=1S/C17H16F4/c1-3-11-5-6-13(9-12(11)4-2)15-8-7-14(10-16(15)18)17(19,20)21/h5-10H,3-4H2,1-2H3. The number of rotatable bonds is 3. The number of halogens is 4. The Morgan fingerprint density at radius 1 is 0.857 bits per heavy atom. The Bertz CT molecular complexity index is 642. The predicted octanol–water partition coefficient (Wildman–Crippen LogP) is 5.64. The van der Waals surface area contributed by atoms with E-state index in [4.69, 9.17) is 0 Å². The van der Waals surface area contributed by atoms with Gasteiger partial charge in [0.15, 0.2) is 0 Å². The molecule has 2 aromatic rings. The third kappa shape index (κ3) is 3.26. The third-order valence-electron chi connectivity index (χ3n) is 3.58. The molecule has 0 fully saturated rings. The molecule has 2 aromatic carbocycles. The summed E-state index contributed by atoms with van der Waals surface area (Å²) in [5.41, 5.74) is 2.10. The maximum Gasteiger partial charge on any atom is 0.416 e. The maximum absolute atomic E-state index is 14.0. The highest BCUT2D eigenvalue weighted by Gasteiger charge is 2.31. The molecule has 0 radical (unpaired) electrons. The van der Waals surface area contributed by atoms with Crippen LogP contribution in [0.25, 0.3) is 11.1 Å². The minimum absolute atomic E-state index is 0.195. The van der Waals surface area contributed by atoms with Crippen LogP contribution in [0.1, 0.15) is 30.5 Å². The van der Waals surface area contributed by atoms with Crippen LogP contribution >= 0.6 is 0 Å². The van der Waals surface area contributed by atoms with E-state index in [1.165, 1.54) is 11.6 Å². The first-order valence-corrected chi connectivity index (χ1v) is 6.85. The second-order valence-corrected chi connectivity index (χ2v) is 4.88. The van der Waals surface area contributed by atoms with Gasteiger partial charge in [0.1, 0.15) is 5.82 Å². The number of aryl methyl sites for hydroxylation is 2. The highest BCUT2D eigenvalue weighted by Crippen LogP contribution is 2.33. The fraction of sp³-hybridized carbons (Fsp3) is 0.294. The molecule has 0 saturated carbocycles. The van der Waals surface area contributed by atoms with Crippen LogP contribution < -0.4 is 0 Å². The molecule has 0 bridgehead atoms. The molecule has 21 heavy (non-hydrogen) atoms. The molecular weight excluding hydrogens is 280 g/mol. The Morgan fingerprint density at radius 3 is 2.05 bits per heavy atom. The lowest BCUT2D eigenvalue weighted by atomic mass is 9.95. The molecule has 0 amide bonds. The van der Waals surface area contributed by atoms with Crippen LogP contribution in [0.4, 0.5) is 17.6 Å². The molecule has 0 nitrogen and oxygen atoms in total. The summed E-state index contributed by atoms with van der Waals surface area (Å²) in [6, 6.07) is 8.17. The second-order valence-electron chi connectivity index (χ2n) is 4.88. The Balaban J connectivity index is 2.48. The molecule has 0 aliphatic carbocycles. The van der Waals surface area contributed by atoms with Gasteiger partial charge < -0.3 is 0 Å². The van der Waals surface area contributed by atoms with Crippen LogP contribution in [0.5, 0.6) is 0 Å². The summed E-state index contributed by atoms with van der Waals surface area (Å²) in [4.78, 5) is 0. The van der Waals surface area contributed by atoms with Crippen LogP contribution in [0.3, 0.4) is 0 Å². The zero-order valence-electron chi connectivity index (χ0n) is 11.9. The van der Waals surface area contributed by atoms with Gasteiger partial charge in [0.05, 0.1) is 5.56 Å². The zero-order valence-corrected chi connectivity index (χ0v) is 11.9. The van der Waals surface area contributed by atoms with Gasteiger partial charge in [0.25, 0.3) is 0 Å². The average Bonchev–Trinajstić information content (AvgIpc) is 2.45. The highest BCUT2D eigenvalue weighted by molar-refractivity contribution is 5.66. The van der Waals surface area contributed by atoms with Gasteiger partial charge in [-0.1, -0.05) is 38.1 Å². The summed E-state index contributed by atoms with van der Waals surface area (Å²) in [5, 5.41) is 0. The monoisotopic (exact) mass is 296 g/mol. The van der Waals surface area contributed by atoms with Gasteiger partial charge >= 0.3 is 6.18 Å². The van der Waals surface area contributed by atoms with Crippen molar-refractivity contribution in [2.75, 3.05) is 0 Å². The maximum atomic E-state index is 14.0. The van der Waals surface area contributed by atoms with Crippen molar-refractivity contribution in [3.05, 3.63) is 58.9 Å². The van der Waals surface area contributed by atoms with Gasteiger partial charge in [-0.25, -0.2) is 4.39 Å². The Labute approximate surface area is 121 Å². The fourth-order valence-corrected chi connectivity index (χ4v) is 2.39. The summed E-state index contributed by atoms with van der Waals surface area (Å²) in [5.74, 6) is -0.851. The van der Waals surface area contributed by atoms with Crippen molar-refractivity contribution in [1.29, 1.82) is 0 Å². The van der Waals surface area contributed by atoms with E-state index in [9.17, 15) is 17.6 Å². The molecule has 0 atom stereocenters. The third-order valence-corrected chi connectivity index (χ3v) is 3.58. The molecule has 0 spiro atoms. The van der Waals surface area contributed by atoms with E-state index in [1.807, 2.05) is 26.0 Å². The molecule has 112 valence electrons. The van der Waals surface area contributed by atoms with Crippen molar-refractivity contribution in [1.82, 2.24) is 0 Å². The number of alkyl halides is 3. The molecule has 0 N–H and O–H groups in total. The van der Waals surface area contributed by atoms with Gasteiger partial charge in [0, 0.05) is 5.56 Å². The van der Waals surface area contributed by atoms with Crippen LogP contribution in [-0.4, -0.2) is 0 Å². The molecule has 2 rings (SSSR count). The van der Waals surface area contributed by atoms with Gasteiger partial charge in [-0.05, 0) is 41.7 Å². The lowest BCUT2D eigenvalue weighted by Gasteiger charge is -2.12. The Hall–Kier alpha value is -1.84. The first kappa shape index (κ1) is 15.5. The van der Waals surface area contributed by atoms with E-state index in [-0.39, 0.29) is 5.56 Å². The first-order chi connectivity index (χ1) is 9.86. The number of hydrogen-bond donors (Lipinski definition) is 0. The molecule has 4 heteroatoms. The zero-order chi connectivity index (χ0) is 15.6. The van der Waals surface area contributed by atoms with Crippen molar-refractivity contribution in [2.24, 2.45) is 0 Å². The lowest BCUT2D eigenvalue weighted by molar-refractivity contribution is -0.137. The second kappa shape index (κ2) is 5.88.